The molecule has 0 saturated carbocycles. The van der Waals surface area contributed by atoms with E-state index >= 15 is 0 Å². The Hall–Kier alpha value is -2.35. The van der Waals surface area contributed by atoms with E-state index in [9.17, 15) is 14.7 Å². The lowest BCUT2D eigenvalue weighted by Gasteiger charge is -2.14. The molecule has 0 spiro atoms. The SMILES string of the molecule is O=C(N[C@H](Cc1cnc[nH]1)C(=O)O)c1ccc(Br)cc1O. The number of carboxylic acids is 1. The van der Waals surface area contributed by atoms with E-state index in [-0.39, 0.29) is 17.7 Å². The van der Waals surface area contributed by atoms with E-state index in [1.54, 1.807) is 6.07 Å². The summed E-state index contributed by atoms with van der Waals surface area (Å²) >= 11 is 3.16. The first-order chi connectivity index (χ1) is 9.97. The van der Waals surface area contributed by atoms with Gasteiger partial charge in [0.15, 0.2) is 0 Å². The fourth-order valence-corrected chi connectivity index (χ4v) is 2.10. The minimum Gasteiger partial charge on any atom is -0.507 e. The second kappa shape index (κ2) is 6.40. The number of imidazole rings is 1. The fourth-order valence-electron chi connectivity index (χ4n) is 1.75. The monoisotopic (exact) mass is 353 g/mol. The molecule has 110 valence electrons. The second-order valence-electron chi connectivity index (χ2n) is 4.31. The molecule has 0 aliphatic rings. The van der Waals surface area contributed by atoms with Crippen molar-refractivity contribution in [1.82, 2.24) is 15.3 Å². The molecule has 0 bridgehead atoms. The maximum absolute atomic E-state index is 12.0. The van der Waals surface area contributed by atoms with Crippen LogP contribution in [0.3, 0.4) is 0 Å². The number of carbonyl (C=O) groups is 2. The van der Waals surface area contributed by atoms with E-state index in [4.69, 9.17) is 5.11 Å². The Balaban J connectivity index is 2.12. The number of hydrogen-bond acceptors (Lipinski definition) is 4. The van der Waals surface area contributed by atoms with Gasteiger partial charge in [-0.3, -0.25) is 4.79 Å². The Morgan fingerprint density at radius 1 is 1.43 bits per heavy atom. The van der Waals surface area contributed by atoms with Crippen molar-refractivity contribution >= 4 is 27.8 Å². The quantitative estimate of drug-likeness (QED) is 0.646. The molecule has 0 radical (unpaired) electrons. The molecule has 2 aromatic rings. The van der Waals surface area contributed by atoms with Gasteiger partial charge in [0.2, 0.25) is 0 Å². The number of aliphatic carboxylic acids is 1. The first-order valence-electron chi connectivity index (χ1n) is 5.97. The molecule has 1 heterocycles. The number of carboxylic acid groups (broad SMARTS) is 1. The number of H-pyrrole nitrogens is 1. The van der Waals surface area contributed by atoms with Crippen molar-refractivity contribution in [3.63, 3.8) is 0 Å². The van der Waals surface area contributed by atoms with Crippen LogP contribution in [0.4, 0.5) is 0 Å². The molecule has 0 aliphatic carbocycles. The van der Waals surface area contributed by atoms with Crippen molar-refractivity contribution in [1.29, 1.82) is 0 Å². The summed E-state index contributed by atoms with van der Waals surface area (Å²) < 4.78 is 0.615. The molecule has 8 heteroatoms. The van der Waals surface area contributed by atoms with Crippen molar-refractivity contribution in [2.75, 3.05) is 0 Å². The first kappa shape index (κ1) is 15.0. The van der Waals surface area contributed by atoms with Crippen LogP contribution in [0, 0.1) is 0 Å². The highest BCUT2D eigenvalue weighted by Gasteiger charge is 2.23. The highest BCUT2D eigenvalue weighted by molar-refractivity contribution is 9.10. The zero-order chi connectivity index (χ0) is 15.4. The van der Waals surface area contributed by atoms with Crippen LogP contribution in [0.5, 0.6) is 5.75 Å². The summed E-state index contributed by atoms with van der Waals surface area (Å²) in [5.74, 6) is -2.06. The molecule has 1 aromatic heterocycles. The van der Waals surface area contributed by atoms with Gasteiger partial charge in [0.1, 0.15) is 11.8 Å². The van der Waals surface area contributed by atoms with Gasteiger partial charge in [0, 0.05) is 22.8 Å². The molecule has 4 N–H and O–H groups in total. The molecule has 1 amide bonds. The highest BCUT2D eigenvalue weighted by Crippen LogP contribution is 2.22. The van der Waals surface area contributed by atoms with Crippen molar-refractivity contribution in [3.8, 4) is 5.75 Å². The van der Waals surface area contributed by atoms with E-state index < -0.39 is 17.9 Å². The average molecular weight is 354 g/mol. The van der Waals surface area contributed by atoms with Gasteiger partial charge < -0.3 is 20.5 Å². The lowest BCUT2D eigenvalue weighted by Crippen LogP contribution is -2.42. The standard InChI is InChI=1S/C13H12BrN3O4/c14-7-1-2-9(11(18)3-7)12(19)17-10(13(20)21)4-8-5-15-6-16-8/h1-3,5-6,10,18H,4H2,(H,15,16)(H,17,19)(H,20,21)/t10-/m1/s1. The van der Waals surface area contributed by atoms with Gasteiger partial charge in [-0.1, -0.05) is 15.9 Å². The summed E-state index contributed by atoms with van der Waals surface area (Å²) in [7, 11) is 0. The van der Waals surface area contributed by atoms with Crippen molar-refractivity contribution < 1.29 is 19.8 Å². The Morgan fingerprint density at radius 2 is 2.19 bits per heavy atom. The van der Waals surface area contributed by atoms with Gasteiger partial charge in [0.05, 0.1) is 11.9 Å². The van der Waals surface area contributed by atoms with Crippen molar-refractivity contribution in [2.24, 2.45) is 0 Å². The Labute approximate surface area is 128 Å². The number of rotatable bonds is 5. The summed E-state index contributed by atoms with van der Waals surface area (Å²) in [5.41, 5.74) is 0.594. The van der Waals surface area contributed by atoms with Crippen LogP contribution >= 0.6 is 15.9 Å². The number of aromatic hydroxyl groups is 1. The summed E-state index contributed by atoms with van der Waals surface area (Å²) in [6.45, 7) is 0. The van der Waals surface area contributed by atoms with Gasteiger partial charge >= 0.3 is 5.97 Å². The number of hydrogen-bond donors (Lipinski definition) is 4. The molecule has 2 rings (SSSR count). The maximum atomic E-state index is 12.0. The molecule has 7 nitrogen and oxygen atoms in total. The van der Waals surface area contributed by atoms with Crippen LogP contribution in [-0.4, -0.2) is 38.1 Å². The summed E-state index contributed by atoms with van der Waals surface area (Å²) in [6, 6.07) is 3.23. The third-order valence-corrected chi connectivity index (χ3v) is 3.28. The zero-order valence-corrected chi connectivity index (χ0v) is 12.3. The highest BCUT2D eigenvalue weighted by atomic mass is 79.9. The van der Waals surface area contributed by atoms with E-state index in [1.165, 1.54) is 24.7 Å². The maximum Gasteiger partial charge on any atom is 0.326 e. The Bertz CT molecular complexity index is 657. The van der Waals surface area contributed by atoms with Crippen LogP contribution in [0.25, 0.3) is 0 Å². The molecule has 0 fully saturated rings. The molecule has 0 unspecified atom stereocenters. The molecular formula is C13H12BrN3O4. The lowest BCUT2D eigenvalue weighted by atomic mass is 10.1. The molecule has 0 aliphatic heterocycles. The summed E-state index contributed by atoms with van der Waals surface area (Å²) in [6.07, 6.45) is 2.98. The normalized spacial score (nSPS) is 11.9. The number of phenols is 1. The van der Waals surface area contributed by atoms with Gasteiger partial charge in [-0.2, -0.15) is 0 Å². The molecule has 21 heavy (non-hydrogen) atoms. The van der Waals surface area contributed by atoms with Gasteiger partial charge in [0.25, 0.3) is 5.91 Å². The number of aromatic nitrogens is 2. The number of aromatic amines is 1. The minimum absolute atomic E-state index is 0.00839. The number of halogens is 1. The first-order valence-corrected chi connectivity index (χ1v) is 6.76. The number of amides is 1. The van der Waals surface area contributed by atoms with Crippen molar-refractivity contribution in [3.05, 3.63) is 46.5 Å². The predicted molar refractivity (Wildman–Crippen MR) is 77.0 cm³/mol. The third kappa shape index (κ3) is 3.82. The van der Waals surface area contributed by atoms with E-state index in [0.29, 0.717) is 10.2 Å². The fraction of sp³-hybridized carbons (Fsp3) is 0.154. The average Bonchev–Trinajstić information content (AvgIpc) is 2.90. The number of carbonyl (C=O) groups excluding carboxylic acids is 1. The van der Waals surface area contributed by atoms with E-state index in [1.807, 2.05) is 0 Å². The number of benzene rings is 1. The third-order valence-electron chi connectivity index (χ3n) is 2.79. The minimum atomic E-state index is -1.17. The smallest absolute Gasteiger partial charge is 0.326 e. The summed E-state index contributed by atoms with van der Waals surface area (Å²) in [4.78, 5) is 29.8. The second-order valence-corrected chi connectivity index (χ2v) is 5.22. The number of nitrogens with zero attached hydrogens (tertiary/aromatic N) is 1. The van der Waals surface area contributed by atoms with Gasteiger partial charge in [-0.25, -0.2) is 9.78 Å². The van der Waals surface area contributed by atoms with Crippen LogP contribution in [0.15, 0.2) is 35.2 Å². The molecule has 0 saturated heterocycles. The van der Waals surface area contributed by atoms with Crippen LogP contribution in [0.2, 0.25) is 0 Å². The van der Waals surface area contributed by atoms with Gasteiger partial charge in [-0.05, 0) is 18.2 Å². The Morgan fingerprint density at radius 3 is 2.76 bits per heavy atom. The van der Waals surface area contributed by atoms with Crippen LogP contribution in [-0.2, 0) is 11.2 Å². The van der Waals surface area contributed by atoms with E-state index in [2.05, 4.69) is 31.2 Å². The van der Waals surface area contributed by atoms with Crippen LogP contribution < -0.4 is 5.32 Å². The largest absolute Gasteiger partial charge is 0.507 e. The van der Waals surface area contributed by atoms with Gasteiger partial charge in [-0.15, -0.1) is 0 Å². The predicted octanol–water partition coefficient (Wildman–Crippen LogP) is 1.30. The topological polar surface area (TPSA) is 115 Å². The molecule has 1 aromatic carbocycles. The summed E-state index contributed by atoms with van der Waals surface area (Å²) in [5, 5.41) is 21.2. The van der Waals surface area contributed by atoms with Crippen LogP contribution in [0.1, 0.15) is 16.1 Å². The molecule has 1 atom stereocenters. The number of phenolic OH excluding ortho intramolecular Hbond substituents is 1. The Kier molecular flexibility index (Phi) is 4.59. The van der Waals surface area contributed by atoms with E-state index in [0.717, 1.165) is 0 Å². The zero-order valence-electron chi connectivity index (χ0n) is 10.7. The lowest BCUT2D eigenvalue weighted by molar-refractivity contribution is -0.139. The molecular weight excluding hydrogens is 342 g/mol. The van der Waals surface area contributed by atoms with Crippen molar-refractivity contribution in [2.45, 2.75) is 12.5 Å². The number of nitrogens with one attached hydrogen (secondary N) is 2.